The lowest BCUT2D eigenvalue weighted by Crippen LogP contribution is -2.10. The Balaban J connectivity index is 1.99. The van der Waals surface area contributed by atoms with Gasteiger partial charge in [0.2, 0.25) is 0 Å². The summed E-state index contributed by atoms with van der Waals surface area (Å²) in [5.74, 6) is 0. The molecule has 0 atom stereocenters. The normalized spacial score (nSPS) is 13.6. The highest BCUT2D eigenvalue weighted by Gasteiger charge is 2.14. The molecule has 5 rings (SSSR count). The molecule has 20 heavy (non-hydrogen) atoms. The smallest absolute Gasteiger partial charge is 0.00928 e. The minimum Gasteiger partial charge on any atom is -0.0616 e. The second-order valence-corrected chi connectivity index (χ2v) is 5.45. The first-order valence-electron chi connectivity index (χ1n) is 6.97. The fourth-order valence-electron chi connectivity index (χ4n) is 3.46. The van der Waals surface area contributed by atoms with Crippen molar-refractivity contribution in [3.8, 4) is 11.1 Å². The Morgan fingerprint density at radius 1 is 0.600 bits per heavy atom. The van der Waals surface area contributed by atoms with Gasteiger partial charge in [-0.15, -0.1) is 0 Å². The second-order valence-electron chi connectivity index (χ2n) is 5.45. The predicted molar refractivity (Wildman–Crippen MR) is 85.7 cm³/mol. The molecule has 3 aromatic carbocycles. The van der Waals surface area contributed by atoms with E-state index >= 15 is 0 Å². The van der Waals surface area contributed by atoms with E-state index in [1.165, 1.54) is 43.5 Å². The van der Waals surface area contributed by atoms with Crippen molar-refractivity contribution < 1.29 is 0 Å². The average molecular weight is 252 g/mol. The minimum atomic E-state index is 1.33. The van der Waals surface area contributed by atoms with Crippen molar-refractivity contribution in [3.63, 3.8) is 0 Å². The highest BCUT2D eigenvalue weighted by Crippen LogP contribution is 2.28. The quantitative estimate of drug-likeness (QED) is 0.449. The highest BCUT2D eigenvalue weighted by atomic mass is 14.2. The molecule has 0 nitrogen and oxygen atoms in total. The third kappa shape index (κ3) is 1.16. The summed E-state index contributed by atoms with van der Waals surface area (Å²) in [4.78, 5) is 0. The van der Waals surface area contributed by atoms with Gasteiger partial charge in [0.15, 0.2) is 0 Å². The molecule has 0 amide bonds. The molecule has 0 bridgehead atoms. The summed E-state index contributed by atoms with van der Waals surface area (Å²) in [6.07, 6.45) is 8.85. The van der Waals surface area contributed by atoms with Crippen LogP contribution in [-0.4, -0.2) is 0 Å². The molecule has 0 radical (unpaired) electrons. The number of fused-ring (bicyclic) bond motifs is 7. The Morgan fingerprint density at radius 3 is 2.45 bits per heavy atom. The molecular formula is C20H12. The Bertz CT molecular complexity index is 1030. The SMILES string of the molecule is C1=Cc2ccc3c4c(ccc3c2=C1)-c1ccccc1C=4. The van der Waals surface area contributed by atoms with Gasteiger partial charge in [0.25, 0.3) is 0 Å². The third-order valence-electron chi connectivity index (χ3n) is 4.41. The average Bonchev–Trinajstić information content (AvgIpc) is 3.11. The summed E-state index contributed by atoms with van der Waals surface area (Å²) >= 11 is 0. The largest absolute Gasteiger partial charge is 0.0616 e. The van der Waals surface area contributed by atoms with Crippen molar-refractivity contribution >= 4 is 29.0 Å². The molecule has 2 aliphatic rings. The van der Waals surface area contributed by atoms with E-state index in [9.17, 15) is 0 Å². The first-order chi connectivity index (χ1) is 9.92. The first kappa shape index (κ1) is 10.2. The van der Waals surface area contributed by atoms with E-state index < -0.39 is 0 Å². The van der Waals surface area contributed by atoms with Crippen molar-refractivity contribution in [1.29, 1.82) is 0 Å². The van der Waals surface area contributed by atoms with Crippen LogP contribution in [0.4, 0.5) is 0 Å². The van der Waals surface area contributed by atoms with E-state index in [2.05, 4.69) is 72.8 Å². The van der Waals surface area contributed by atoms with Gasteiger partial charge in [-0.2, -0.15) is 0 Å². The number of hydrogen-bond donors (Lipinski definition) is 0. The van der Waals surface area contributed by atoms with E-state index in [0.29, 0.717) is 0 Å². The lowest BCUT2D eigenvalue weighted by molar-refractivity contribution is 1.61. The van der Waals surface area contributed by atoms with Gasteiger partial charge in [-0.1, -0.05) is 66.8 Å². The fraction of sp³-hybridized carbons (Fsp3) is 0. The molecule has 3 aromatic rings. The maximum Gasteiger partial charge on any atom is -0.00928 e. The Hall–Kier alpha value is -2.60. The van der Waals surface area contributed by atoms with Crippen LogP contribution in [0.25, 0.3) is 40.1 Å². The molecule has 92 valence electrons. The molecule has 0 aliphatic heterocycles. The van der Waals surface area contributed by atoms with Gasteiger partial charge in [-0.05, 0) is 49.5 Å². The van der Waals surface area contributed by atoms with Crippen molar-refractivity contribution in [3.05, 3.63) is 76.2 Å². The van der Waals surface area contributed by atoms with Crippen molar-refractivity contribution in [2.45, 2.75) is 0 Å². The van der Waals surface area contributed by atoms with E-state index in [4.69, 9.17) is 0 Å². The van der Waals surface area contributed by atoms with Gasteiger partial charge in [-0.3, -0.25) is 0 Å². The Kier molecular flexibility index (Phi) is 1.78. The number of rotatable bonds is 0. The van der Waals surface area contributed by atoms with Crippen LogP contribution in [0.15, 0.2) is 54.6 Å². The second kappa shape index (κ2) is 3.49. The van der Waals surface area contributed by atoms with Crippen molar-refractivity contribution in [2.24, 2.45) is 0 Å². The summed E-state index contributed by atoms with van der Waals surface area (Å²) in [6.45, 7) is 0. The van der Waals surface area contributed by atoms with Gasteiger partial charge >= 0.3 is 0 Å². The Morgan fingerprint density at radius 2 is 1.45 bits per heavy atom. The minimum absolute atomic E-state index is 1.33. The first-order valence-corrected chi connectivity index (χ1v) is 6.97. The van der Waals surface area contributed by atoms with Gasteiger partial charge in [0.05, 0.1) is 0 Å². The molecule has 2 aliphatic carbocycles. The molecule has 0 N–H and O–H groups in total. The number of allylic oxidation sites excluding steroid dienone is 1. The van der Waals surface area contributed by atoms with Crippen LogP contribution in [0, 0.1) is 0 Å². The fourth-order valence-corrected chi connectivity index (χ4v) is 3.46. The summed E-state index contributed by atoms with van der Waals surface area (Å²) < 4.78 is 0. The topological polar surface area (TPSA) is 0 Å². The summed E-state index contributed by atoms with van der Waals surface area (Å²) in [6, 6.07) is 17.7. The molecule has 0 fully saturated rings. The van der Waals surface area contributed by atoms with Crippen LogP contribution in [-0.2, 0) is 0 Å². The lowest BCUT2D eigenvalue weighted by atomic mass is 9.99. The van der Waals surface area contributed by atoms with Gasteiger partial charge < -0.3 is 0 Å². The van der Waals surface area contributed by atoms with Gasteiger partial charge in [0.1, 0.15) is 0 Å². The van der Waals surface area contributed by atoms with E-state index in [1.54, 1.807) is 0 Å². The van der Waals surface area contributed by atoms with Crippen LogP contribution < -0.4 is 10.4 Å². The van der Waals surface area contributed by atoms with E-state index in [0.717, 1.165) is 0 Å². The van der Waals surface area contributed by atoms with Crippen LogP contribution >= 0.6 is 0 Å². The zero-order valence-corrected chi connectivity index (χ0v) is 10.9. The Labute approximate surface area is 117 Å². The maximum absolute atomic E-state index is 2.32. The lowest BCUT2D eigenvalue weighted by Gasteiger charge is -2.05. The summed E-state index contributed by atoms with van der Waals surface area (Å²) in [7, 11) is 0. The molecule has 0 spiro atoms. The standard InChI is InChI=1S/C20H12/c1-2-6-16-14(4-1)12-20-18(16)11-10-17-15-7-3-5-13(15)8-9-19(17)20/h1-12H. The highest BCUT2D eigenvalue weighted by molar-refractivity contribution is 5.97. The molecular weight excluding hydrogens is 240 g/mol. The molecule has 0 saturated carbocycles. The molecule has 0 saturated heterocycles. The van der Waals surface area contributed by atoms with Crippen LogP contribution in [0.2, 0.25) is 0 Å². The van der Waals surface area contributed by atoms with Crippen LogP contribution in [0.5, 0.6) is 0 Å². The van der Waals surface area contributed by atoms with Gasteiger partial charge in [-0.25, -0.2) is 0 Å². The van der Waals surface area contributed by atoms with Crippen molar-refractivity contribution in [1.82, 2.24) is 0 Å². The van der Waals surface area contributed by atoms with Crippen molar-refractivity contribution in [2.75, 3.05) is 0 Å². The zero-order valence-electron chi connectivity index (χ0n) is 10.9. The van der Waals surface area contributed by atoms with Gasteiger partial charge in [0, 0.05) is 0 Å². The summed E-state index contributed by atoms with van der Waals surface area (Å²) in [5, 5.41) is 5.44. The molecule has 0 heteroatoms. The van der Waals surface area contributed by atoms with Crippen LogP contribution in [0.3, 0.4) is 0 Å². The zero-order chi connectivity index (χ0) is 13.1. The number of benzene rings is 3. The summed E-state index contributed by atoms with van der Waals surface area (Å²) in [5.41, 5.74) is 5.37. The van der Waals surface area contributed by atoms with Crippen LogP contribution in [0.1, 0.15) is 11.1 Å². The predicted octanol–water partition coefficient (Wildman–Crippen LogP) is 3.46. The maximum atomic E-state index is 2.32. The molecule has 0 aromatic heterocycles. The molecule has 0 unspecified atom stereocenters. The van der Waals surface area contributed by atoms with E-state index in [1.807, 2.05) is 0 Å². The number of hydrogen-bond acceptors (Lipinski definition) is 0. The third-order valence-corrected chi connectivity index (χ3v) is 4.41. The van der Waals surface area contributed by atoms with E-state index in [-0.39, 0.29) is 0 Å². The molecule has 0 heterocycles. The monoisotopic (exact) mass is 252 g/mol.